The number of phenols is 1. The number of phenolic OH excluding ortho intramolecular Hbond substituents is 1. The minimum absolute atomic E-state index is 0.0432. The zero-order valence-electron chi connectivity index (χ0n) is 24.4. The van der Waals surface area contributed by atoms with Gasteiger partial charge in [-0.05, 0) is 30.5 Å². The largest absolute Gasteiger partial charge is 0.508 e. The lowest BCUT2D eigenvalue weighted by Crippen LogP contribution is -2.60. The zero-order valence-corrected chi connectivity index (χ0v) is 24.4. The van der Waals surface area contributed by atoms with Crippen molar-refractivity contribution in [3.63, 3.8) is 0 Å². The first-order chi connectivity index (χ1) is 21.0. The normalized spacial score (nSPS) is 34.0. The summed E-state index contributed by atoms with van der Waals surface area (Å²) in [7, 11) is 1.21. The van der Waals surface area contributed by atoms with Gasteiger partial charge in [0.2, 0.25) is 6.29 Å². The Bertz CT molecular complexity index is 1200. The maximum Gasteiger partial charge on any atom is 0.337 e. The molecule has 0 aromatic heterocycles. The number of aliphatic hydroxyl groups excluding tert-OH is 4. The number of ether oxygens (including phenoxy) is 5. The topological polar surface area (TPSA) is 199 Å². The second-order valence-electron chi connectivity index (χ2n) is 11.3. The molecule has 5 N–H and O–H groups in total. The van der Waals surface area contributed by atoms with E-state index in [0.717, 1.165) is 11.8 Å². The highest BCUT2D eigenvalue weighted by Gasteiger charge is 2.48. The molecule has 4 rings (SSSR count). The molecule has 1 aromatic rings. The van der Waals surface area contributed by atoms with E-state index >= 15 is 0 Å². The Kier molecular flexibility index (Phi) is 11.7. The summed E-state index contributed by atoms with van der Waals surface area (Å²) in [5, 5.41) is 49.7. The third kappa shape index (κ3) is 8.10. The van der Waals surface area contributed by atoms with E-state index in [4.69, 9.17) is 23.7 Å². The number of carbonyl (C=O) groups excluding carboxylic acids is 3. The van der Waals surface area contributed by atoms with E-state index in [1.165, 1.54) is 13.2 Å². The molecule has 0 aliphatic carbocycles. The molecule has 242 valence electrons. The molecule has 1 aromatic carbocycles. The summed E-state index contributed by atoms with van der Waals surface area (Å²) >= 11 is 0. The number of ketones is 2. The molecule has 3 aliphatic rings. The van der Waals surface area contributed by atoms with Crippen LogP contribution in [0, 0.1) is 11.8 Å². The molecule has 0 amide bonds. The number of hydrogen-bond donors (Lipinski definition) is 5. The minimum atomic E-state index is -1.68. The Hall–Kier alpha value is -3.17. The molecular weight excluding hydrogens is 580 g/mol. The third-order valence-electron chi connectivity index (χ3n) is 8.21. The van der Waals surface area contributed by atoms with Crippen LogP contribution < -0.4 is 0 Å². The summed E-state index contributed by atoms with van der Waals surface area (Å²) in [6, 6.07) is 6.58. The molecular formula is C31H40O13. The molecule has 0 unspecified atom stereocenters. The van der Waals surface area contributed by atoms with Gasteiger partial charge in [-0.2, -0.15) is 0 Å². The van der Waals surface area contributed by atoms with Gasteiger partial charge in [-0.15, -0.1) is 6.58 Å². The molecule has 0 radical (unpaired) electrons. The average molecular weight is 621 g/mol. The van der Waals surface area contributed by atoms with Gasteiger partial charge in [0, 0.05) is 37.5 Å². The van der Waals surface area contributed by atoms with E-state index in [-0.39, 0.29) is 55.0 Å². The lowest BCUT2D eigenvalue weighted by atomic mass is 9.78. The van der Waals surface area contributed by atoms with Gasteiger partial charge in [0.25, 0.3) is 0 Å². The molecule has 13 heteroatoms. The molecule has 13 nitrogen and oxygen atoms in total. The summed E-state index contributed by atoms with van der Waals surface area (Å²) in [5.74, 6) is -2.15. The predicted octanol–water partition coefficient (Wildman–Crippen LogP) is 0.439. The Morgan fingerprint density at radius 2 is 1.73 bits per heavy atom. The van der Waals surface area contributed by atoms with Gasteiger partial charge < -0.3 is 49.2 Å². The monoisotopic (exact) mass is 620 g/mol. The van der Waals surface area contributed by atoms with Crippen LogP contribution in [0.2, 0.25) is 0 Å². The highest BCUT2D eigenvalue weighted by molar-refractivity contribution is 5.89. The first-order valence-electron chi connectivity index (χ1n) is 14.5. The van der Waals surface area contributed by atoms with E-state index in [0.29, 0.717) is 6.42 Å². The third-order valence-corrected chi connectivity index (χ3v) is 8.21. The van der Waals surface area contributed by atoms with Crippen LogP contribution in [0.25, 0.3) is 0 Å². The SMILES string of the molecule is C=C[C@H]1[C@H](O[C@@H]2O[C@H](CO)[C@@H](O)[C@H](O)[C@H]2O)OC=C(C(=O)OC)[C@H]1C[C@@H]1CC(=O)C[C@H](CC(=O)CCc2ccc(O)cc2)O1. The van der Waals surface area contributed by atoms with Gasteiger partial charge in [0.15, 0.2) is 6.29 Å². The average Bonchev–Trinajstić information content (AvgIpc) is 3.00. The molecule has 3 aliphatic heterocycles. The number of Topliss-reactive ketones (excluding diaryl/α,β-unsaturated/α-hetero) is 2. The summed E-state index contributed by atoms with van der Waals surface area (Å²) < 4.78 is 28.1. The number of esters is 1. The number of methoxy groups -OCH3 is 1. The van der Waals surface area contributed by atoms with Gasteiger partial charge in [-0.3, -0.25) is 9.59 Å². The first kappa shape index (κ1) is 33.7. The fraction of sp³-hybridized carbons (Fsp3) is 0.581. The highest BCUT2D eigenvalue weighted by atomic mass is 16.8. The van der Waals surface area contributed by atoms with Crippen molar-refractivity contribution in [2.45, 2.75) is 87.7 Å². The second kappa shape index (κ2) is 15.2. The van der Waals surface area contributed by atoms with Crippen LogP contribution in [0.4, 0.5) is 0 Å². The van der Waals surface area contributed by atoms with Crippen molar-refractivity contribution in [3.05, 3.63) is 54.3 Å². The van der Waals surface area contributed by atoms with Gasteiger partial charge in [-0.1, -0.05) is 18.2 Å². The van der Waals surface area contributed by atoms with Crippen molar-refractivity contribution >= 4 is 17.5 Å². The quantitative estimate of drug-likeness (QED) is 0.159. The van der Waals surface area contributed by atoms with Crippen LogP contribution >= 0.6 is 0 Å². The Morgan fingerprint density at radius 1 is 1.02 bits per heavy atom. The predicted molar refractivity (Wildman–Crippen MR) is 151 cm³/mol. The number of hydrogen-bond acceptors (Lipinski definition) is 13. The summed E-state index contributed by atoms with van der Waals surface area (Å²) in [4.78, 5) is 38.2. The Balaban J connectivity index is 1.44. The summed E-state index contributed by atoms with van der Waals surface area (Å²) in [6.45, 7) is 3.20. The Labute approximate surface area is 254 Å². The number of rotatable bonds is 12. The zero-order chi connectivity index (χ0) is 32.0. The molecule has 0 saturated carbocycles. The number of aryl methyl sites for hydroxylation is 1. The smallest absolute Gasteiger partial charge is 0.337 e. The minimum Gasteiger partial charge on any atom is -0.508 e. The van der Waals surface area contributed by atoms with Crippen molar-refractivity contribution in [3.8, 4) is 5.75 Å². The fourth-order valence-electron chi connectivity index (χ4n) is 5.83. The van der Waals surface area contributed by atoms with Gasteiger partial charge >= 0.3 is 5.97 Å². The Morgan fingerprint density at radius 3 is 2.39 bits per heavy atom. The highest BCUT2D eigenvalue weighted by Crippen LogP contribution is 2.39. The van der Waals surface area contributed by atoms with Gasteiger partial charge in [0.05, 0.1) is 37.8 Å². The molecule has 2 fully saturated rings. The van der Waals surface area contributed by atoms with Crippen LogP contribution in [0.3, 0.4) is 0 Å². The van der Waals surface area contributed by atoms with Crippen molar-refractivity contribution in [2.24, 2.45) is 11.8 Å². The van der Waals surface area contributed by atoms with E-state index in [9.17, 15) is 39.9 Å². The maximum atomic E-state index is 12.7. The van der Waals surface area contributed by atoms with Crippen LogP contribution in [0.15, 0.2) is 48.8 Å². The summed E-state index contributed by atoms with van der Waals surface area (Å²) in [6.07, 6.45) is -6.44. The summed E-state index contributed by atoms with van der Waals surface area (Å²) in [5.41, 5.74) is 1.03. The van der Waals surface area contributed by atoms with Crippen LogP contribution in [0.1, 0.15) is 37.7 Å². The van der Waals surface area contributed by atoms with Crippen molar-refractivity contribution in [1.82, 2.24) is 0 Å². The van der Waals surface area contributed by atoms with E-state index in [2.05, 4.69) is 6.58 Å². The van der Waals surface area contributed by atoms with Gasteiger partial charge in [-0.25, -0.2) is 4.79 Å². The van der Waals surface area contributed by atoms with E-state index in [1.807, 2.05) is 0 Å². The molecule has 44 heavy (non-hydrogen) atoms. The van der Waals surface area contributed by atoms with Gasteiger partial charge in [0.1, 0.15) is 41.7 Å². The number of carbonyl (C=O) groups is 3. The molecule has 3 heterocycles. The molecule has 0 spiro atoms. The van der Waals surface area contributed by atoms with Crippen LogP contribution in [-0.2, 0) is 44.5 Å². The number of aliphatic hydroxyl groups is 4. The lowest BCUT2D eigenvalue weighted by Gasteiger charge is -2.43. The lowest BCUT2D eigenvalue weighted by molar-refractivity contribution is -0.339. The maximum absolute atomic E-state index is 12.7. The van der Waals surface area contributed by atoms with E-state index in [1.54, 1.807) is 24.3 Å². The van der Waals surface area contributed by atoms with Crippen molar-refractivity contribution in [1.29, 1.82) is 0 Å². The van der Waals surface area contributed by atoms with Crippen molar-refractivity contribution in [2.75, 3.05) is 13.7 Å². The molecule has 10 atom stereocenters. The second-order valence-corrected chi connectivity index (χ2v) is 11.3. The number of benzene rings is 1. The van der Waals surface area contributed by atoms with Crippen molar-refractivity contribution < 1.29 is 63.6 Å². The van der Waals surface area contributed by atoms with E-state index < -0.39 is 73.6 Å². The molecule has 0 bridgehead atoms. The number of aromatic hydroxyl groups is 1. The van der Waals surface area contributed by atoms with Crippen LogP contribution in [-0.4, -0.2) is 106 Å². The van der Waals surface area contributed by atoms with Crippen LogP contribution in [0.5, 0.6) is 5.75 Å². The fourth-order valence-corrected chi connectivity index (χ4v) is 5.83. The standard InChI is InChI=1S/C31H40O13/c1-3-22-23(13-21-12-19(35)11-20(42-21)10-18(34)9-6-16-4-7-17(33)8-5-16)24(29(39)40-2)15-41-30(22)44-31-28(38)27(37)26(36)25(14-32)43-31/h3-5,7-8,15,20-23,25-28,30-33,36-38H,1,6,9-14H2,2H3/t20-,21-,22+,23-,25+,26+,27-,28+,30-,31-/m0/s1. The first-order valence-corrected chi connectivity index (χ1v) is 14.5. The molecule has 2 saturated heterocycles.